The molecule has 1 unspecified atom stereocenters. The fourth-order valence-corrected chi connectivity index (χ4v) is 2.09. The Hall–Kier alpha value is -1.00. The Balaban J connectivity index is 2.96. The monoisotopic (exact) mass is 279 g/mol. The van der Waals surface area contributed by atoms with Crippen LogP contribution in [0.15, 0.2) is 0 Å². The van der Waals surface area contributed by atoms with Crippen LogP contribution < -0.4 is 5.32 Å². The highest BCUT2D eigenvalue weighted by molar-refractivity contribution is 5.25. The van der Waals surface area contributed by atoms with Gasteiger partial charge in [0.25, 0.3) is 0 Å². The molecule has 1 aromatic heterocycles. The number of hydrogen-bond acceptors (Lipinski definition) is 4. The van der Waals surface area contributed by atoms with Crippen molar-refractivity contribution in [3.8, 4) is 0 Å². The van der Waals surface area contributed by atoms with E-state index in [0.29, 0.717) is 6.61 Å². The largest absolute Gasteiger partial charge is 0.371 e. The third kappa shape index (κ3) is 4.84. The SMILES string of the molecule is CCOC(CC)c1nc(C)c(CNC(C)(C)C)c(C)n1. The summed E-state index contributed by atoms with van der Waals surface area (Å²) in [7, 11) is 0. The summed E-state index contributed by atoms with van der Waals surface area (Å²) >= 11 is 0. The van der Waals surface area contributed by atoms with E-state index in [0.717, 1.165) is 30.2 Å². The fraction of sp³-hybridized carbons (Fsp3) is 0.750. The summed E-state index contributed by atoms with van der Waals surface area (Å²) in [5.74, 6) is 0.809. The van der Waals surface area contributed by atoms with Crippen molar-refractivity contribution in [3.05, 3.63) is 22.8 Å². The van der Waals surface area contributed by atoms with E-state index >= 15 is 0 Å². The highest BCUT2D eigenvalue weighted by Gasteiger charge is 2.17. The fourth-order valence-electron chi connectivity index (χ4n) is 2.09. The van der Waals surface area contributed by atoms with E-state index in [9.17, 15) is 0 Å². The predicted molar refractivity (Wildman–Crippen MR) is 82.8 cm³/mol. The maximum absolute atomic E-state index is 5.70. The van der Waals surface area contributed by atoms with Crippen molar-refractivity contribution in [1.82, 2.24) is 15.3 Å². The molecule has 0 saturated heterocycles. The van der Waals surface area contributed by atoms with Gasteiger partial charge in [0.05, 0.1) is 0 Å². The second-order valence-corrected chi connectivity index (χ2v) is 6.19. The van der Waals surface area contributed by atoms with Crippen LogP contribution in [0.25, 0.3) is 0 Å². The second kappa shape index (κ2) is 7.14. The summed E-state index contributed by atoms with van der Waals surface area (Å²) in [6.45, 7) is 16.2. The summed E-state index contributed by atoms with van der Waals surface area (Å²) in [5.41, 5.74) is 3.37. The summed E-state index contributed by atoms with van der Waals surface area (Å²) in [6, 6.07) is 0. The Morgan fingerprint density at radius 3 is 2.05 bits per heavy atom. The van der Waals surface area contributed by atoms with Gasteiger partial charge in [0.2, 0.25) is 0 Å². The van der Waals surface area contributed by atoms with E-state index in [1.54, 1.807) is 0 Å². The Labute approximate surface area is 123 Å². The predicted octanol–water partition coefficient (Wildman–Crippen LogP) is 3.47. The Bertz CT molecular complexity index is 415. The molecule has 1 N–H and O–H groups in total. The first-order valence-electron chi connectivity index (χ1n) is 7.49. The molecule has 1 aromatic rings. The molecule has 20 heavy (non-hydrogen) atoms. The summed E-state index contributed by atoms with van der Waals surface area (Å²) in [5, 5.41) is 3.50. The molecular formula is C16H29N3O. The molecule has 114 valence electrons. The van der Waals surface area contributed by atoms with E-state index in [1.807, 2.05) is 6.92 Å². The molecule has 0 aromatic carbocycles. The van der Waals surface area contributed by atoms with Crippen molar-refractivity contribution < 1.29 is 4.74 Å². The van der Waals surface area contributed by atoms with Gasteiger partial charge in [0, 0.05) is 35.6 Å². The highest BCUT2D eigenvalue weighted by atomic mass is 16.5. The molecule has 1 rings (SSSR count). The Kier molecular flexibility index (Phi) is 6.08. The van der Waals surface area contributed by atoms with Crippen LogP contribution in [0.1, 0.15) is 69.9 Å². The van der Waals surface area contributed by atoms with E-state index in [4.69, 9.17) is 4.74 Å². The number of ether oxygens (including phenoxy) is 1. The van der Waals surface area contributed by atoms with E-state index in [-0.39, 0.29) is 11.6 Å². The van der Waals surface area contributed by atoms with Crippen molar-refractivity contribution in [2.45, 2.75) is 73.1 Å². The number of aryl methyl sites for hydroxylation is 2. The number of hydrogen-bond donors (Lipinski definition) is 1. The maximum Gasteiger partial charge on any atom is 0.157 e. The first-order chi connectivity index (χ1) is 9.28. The molecule has 0 bridgehead atoms. The minimum absolute atomic E-state index is 0.00188. The van der Waals surface area contributed by atoms with Gasteiger partial charge in [-0.05, 0) is 48.0 Å². The number of aromatic nitrogens is 2. The molecule has 0 aliphatic heterocycles. The van der Waals surface area contributed by atoms with Crippen molar-refractivity contribution in [1.29, 1.82) is 0 Å². The molecular weight excluding hydrogens is 250 g/mol. The lowest BCUT2D eigenvalue weighted by atomic mass is 10.1. The molecule has 1 heterocycles. The zero-order valence-electron chi connectivity index (χ0n) is 14.0. The van der Waals surface area contributed by atoms with Gasteiger partial charge in [-0.1, -0.05) is 6.92 Å². The highest BCUT2D eigenvalue weighted by Crippen LogP contribution is 2.20. The molecule has 4 nitrogen and oxygen atoms in total. The van der Waals surface area contributed by atoms with Gasteiger partial charge < -0.3 is 10.1 Å². The van der Waals surface area contributed by atoms with E-state index in [1.165, 1.54) is 5.56 Å². The molecule has 0 aliphatic rings. The second-order valence-electron chi connectivity index (χ2n) is 6.19. The van der Waals surface area contributed by atoms with Crippen LogP contribution in [0.5, 0.6) is 0 Å². The van der Waals surface area contributed by atoms with Gasteiger partial charge in [-0.3, -0.25) is 0 Å². The average molecular weight is 279 g/mol. The van der Waals surface area contributed by atoms with E-state index in [2.05, 4.69) is 56.8 Å². The van der Waals surface area contributed by atoms with Crippen LogP contribution in [0.4, 0.5) is 0 Å². The van der Waals surface area contributed by atoms with Gasteiger partial charge in [-0.25, -0.2) is 9.97 Å². The molecule has 4 heteroatoms. The van der Waals surface area contributed by atoms with Crippen LogP contribution >= 0.6 is 0 Å². The van der Waals surface area contributed by atoms with Crippen molar-refractivity contribution >= 4 is 0 Å². The van der Waals surface area contributed by atoms with Crippen LogP contribution in [-0.4, -0.2) is 22.1 Å². The molecule has 0 aliphatic carbocycles. The molecule has 0 spiro atoms. The number of nitrogens with one attached hydrogen (secondary N) is 1. The van der Waals surface area contributed by atoms with Gasteiger partial charge >= 0.3 is 0 Å². The standard InChI is InChI=1S/C16H29N3O/c1-8-14(20-9-2)15-18-11(3)13(12(4)19-15)10-17-16(5,6)7/h14,17H,8-10H2,1-7H3. The van der Waals surface area contributed by atoms with Crippen LogP contribution in [-0.2, 0) is 11.3 Å². The number of nitrogens with zero attached hydrogens (tertiary/aromatic N) is 2. The summed E-state index contributed by atoms with van der Waals surface area (Å²) in [4.78, 5) is 9.30. The summed E-state index contributed by atoms with van der Waals surface area (Å²) < 4.78 is 5.70. The zero-order valence-corrected chi connectivity index (χ0v) is 14.0. The van der Waals surface area contributed by atoms with Gasteiger partial charge in [0.1, 0.15) is 6.10 Å². The molecule has 0 amide bonds. The maximum atomic E-state index is 5.70. The van der Waals surface area contributed by atoms with Gasteiger partial charge in [-0.15, -0.1) is 0 Å². The van der Waals surface area contributed by atoms with Crippen molar-refractivity contribution in [2.75, 3.05) is 6.61 Å². The smallest absolute Gasteiger partial charge is 0.157 e. The summed E-state index contributed by atoms with van der Waals surface area (Å²) in [6.07, 6.45) is 0.897. The average Bonchev–Trinajstić information content (AvgIpc) is 2.33. The quantitative estimate of drug-likeness (QED) is 0.866. The third-order valence-electron chi connectivity index (χ3n) is 3.26. The minimum atomic E-state index is 0.00188. The third-order valence-corrected chi connectivity index (χ3v) is 3.26. The molecule has 1 atom stereocenters. The zero-order chi connectivity index (χ0) is 15.3. The minimum Gasteiger partial charge on any atom is -0.371 e. The van der Waals surface area contributed by atoms with Crippen molar-refractivity contribution in [3.63, 3.8) is 0 Å². The Morgan fingerprint density at radius 2 is 1.65 bits per heavy atom. The van der Waals surface area contributed by atoms with Crippen molar-refractivity contribution in [2.24, 2.45) is 0 Å². The van der Waals surface area contributed by atoms with Gasteiger partial charge in [0.15, 0.2) is 5.82 Å². The normalized spacial score (nSPS) is 13.6. The molecule has 0 fully saturated rings. The first-order valence-corrected chi connectivity index (χ1v) is 7.49. The van der Waals surface area contributed by atoms with Crippen LogP contribution in [0.3, 0.4) is 0 Å². The molecule has 0 radical (unpaired) electrons. The van der Waals surface area contributed by atoms with E-state index < -0.39 is 0 Å². The lowest BCUT2D eigenvalue weighted by molar-refractivity contribution is 0.0532. The Morgan fingerprint density at radius 1 is 1.10 bits per heavy atom. The van der Waals surface area contributed by atoms with Crippen LogP contribution in [0.2, 0.25) is 0 Å². The lowest BCUT2D eigenvalue weighted by Crippen LogP contribution is -2.35. The molecule has 0 saturated carbocycles. The van der Waals surface area contributed by atoms with Crippen LogP contribution in [0, 0.1) is 13.8 Å². The van der Waals surface area contributed by atoms with Gasteiger partial charge in [-0.2, -0.15) is 0 Å². The topological polar surface area (TPSA) is 47.0 Å². The first kappa shape index (κ1) is 17.1. The number of rotatable bonds is 6. The lowest BCUT2D eigenvalue weighted by Gasteiger charge is -2.22.